The lowest BCUT2D eigenvalue weighted by molar-refractivity contribution is -0.125. The molecule has 1 N–H and O–H groups in total. The second-order valence-corrected chi connectivity index (χ2v) is 4.60. The Hall–Kier alpha value is -0.900. The topological polar surface area (TPSA) is 49.4 Å². The molecule has 0 radical (unpaired) electrons. The van der Waals surface area contributed by atoms with Gasteiger partial charge in [-0.3, -0.25) is 14.5 Å². The van der Waals surface area contributed by atoms with Crippen LogP contribution in [0.15, 0.2) is 0 Å². The van der Waals surface area contributed by atoms with Gasteiger partial charge < -0.3 is 5.32 Å². The van der Waals surface area contributed by atoms with Gasteiger partial charge in [0.2, 0.25) is 5.91 Å². The Morgan fingerprint density at radius 2 is 2.27 bits per heavy atom. The van der Waals surface area contributed by atoms with Gasteiger partial charge in [0.15, 0.2) is 0 Å². The lowest BCUT2D eigenvalue weighted by Gasteiger charge is -2.24. The number of hydrogen-bond donors (Lipinski definition) is 1. The van der Waals surface area contributed by atoms with Gasteiger partial charge >= 0.3 is 0 Å². The fourth-order valence-corrected chi connectivity index (χ4v) is 1.88. The normalized spacial score (nSPS) is 22.8. The predicted molar refractivity (Wildman–Crippen MR) is 56.4 cm³/mol. The summed E-state index contributed by atoms with van der Waals surface area (Å²) in [6, 6.07) is 0. The number of hydrogen-bond acceptors (Lipinski definition) is 3. The highest BCUT2D eigenvalue weighted by molar-refractivity contribution is 5.83. The first-order valence-electron chi connectivity index (χ1n) is 5.75. The van der Waals surface area contributed by atoms with Crippen molar-refractivity contribution in [1.82, 2.24) is 10.2 Å². The van der Waals surface area contributed by atoms with E-state index in [4.69, 9.17) is 0 Å². The monoisotopic (exact) mass is 210 g/mol. The Labute approximate surface area is 90.0 Å². The summed E-state index contributed by atoms with van der Waals surface area (Å²) in [5.41, 5.74) is 0. The maximum Gasteiger partial charge on any atom is 0.234 e. The van der Waals surface area contributed by atoms with Gasteiger partial charge in [-0.2, -0.15) is 0 Å². The lowest BCUT2D eigenvalue weighted by Crippen LogP contribution is -2.43. The minimum atomic E-state index is 0.0663. The van der Waals surface area contributed by atoms with Gasteiger partial charge in [0.25, 0.3) is 0 Å². The number of Topliss-reactive ketones (excluding diaryl/α,β-unsaturated/α-hetero) is 1. The van der Waals surface area contributed by atoms with Crippen LogP contribution in [0.3, 0.4) is 0 Å². The molecular weight excluding hydrogens is 192 g/mol. The summed E-state index contributed by atoms with van der Waals surface area (Å²) in [4.78, 5) is 24.6. The van der Waals surface area contributed by atoms with Crippen LogP contribution in [0, 0.1) is 5.92 Å². The van der Waals surface area contributed by atoms with E-state index >= 15 is 0 Å². The van der Waals surface area contributed by atoms with E-state index in [2.05, 4.69) is 5.32 Å². The Morgan fingerprint density at radius 3 is 2.93 bits per heavy atom. The quantitative estimate of drug-likeness (QED) is 0.720. The molecule has 2 aliphatic rings. The first-order valence-corrected chi connectivity index (χ1v) is 5.75. The summed E-state index contributed by atoms with van der Waals surface area (Å²) in [7, 11) is 0. The maximum absolute atomic E-state index is 11.5. The Bertz CT molecular complexity index is 261. The van der Waals surface area contributed by atoms with Crippen LogP contribution in [0.4, 0.5) is 0 Å². The third-order valence-electron chi connectivity index (χ3n) is 2.98. The molecule has 1 amide bonds. The van der Waals surface area contributed by atoms with E-state index in [-0.39, 0.29) is 11.7 Å². The van der Waals surface area contributed by atoms with Crippen molar-refractivity contribution in [3.05, 3.63) is 0 Å². The number of ketones is 1. The zero-order chi connectivity index (χ0) is 10.7. The molecule has 2 fully saturated rings. The summed E-state index contributed by atoms with van der Waals surface area (Å²) in [6.45, 7) is 2.54. The van der Waals surface area contributed by atoms with Crippen molar-refractivity contribution in [1.29, 1.82) is 0 Å². The number of amides is 1. The number of piperidine rings is 1. The van der Waals surface area contributed by atoms with E-state index in [1.807, 2.05) is 4.90 Å². The second kappa shape index (κ2) is 4.75. The van der Waals surface area contributed by atoms with Crippen LogP contribution in [0.2, 0.25) is 0 Å². The number of carbonyl (C=O) groups excluding carboxylic acids is 2. The van der Waals surface area contributed by atoms with Crippen LogP contribution in [-0.4, -0.2) is 42.8 Å². The summed E-state index contributed by atoms with van der Waals surface area (Å²) < 4.78 is 0. The number of carbonyl (C=O) groups is 2. The molecule has 0 atom stereocenters. The third-order valence-corrected chi connectivity index (χ3v) is 2.98. The van der Waals surface area contributed by atoms with Gasteiger partial charge in [-0.15, -0.1) is 0 Å². The number of nitrogens with one attached hydrogen (secondary N) is 1. The van der Waals surface area contributed by atoms with Crippen molar-refractivity contribution < 1.29 is 9.59 Å². The molecule has 1 saturated carbocycles. The van der Waals surface area contributed by atoms with Crippen LogP contribution in [0.5, 0.6) is 0 Å². The van der Waals surface area contributed by atoms with Gasteiger partial charge in [-0.1, -0.05) is 0 Å². The molecule has 0 spiro atoms. The van der Waals surface area contributed by atoms with E-state index in [1.54, 1.807) is 0 Å². The average Bonchev–Trinajstić information content (AvgIpc) is 2.98. The van der Waals surface area contributed by atoms with Gasteiger partial charge in [0.05, 0.1) is 13.1 Å². The zero-order valence-corrected chi connectivity index (χ0v) is 9.00. The smallest absolute Gasteiger partial charge is 0.234 e. The minimum absolute atomic E-state index is 0.0663. The zero-order valence-electron chi connectivity index (χ0n) is 9.00. The highest BCUT2D eigenvalue weighted by Crippen LogP contribution is 2.27. The van der Waals surface area contributed by atoms with Crippen LogP contribution in [0.1, 0.15) is 25.7 Å². The molecule has 1 aliphatic heterocycles. The molecule has 2 rings (SSSR count). The average molecular weight is 210 g/mol. The van der Waals surface area contributed by atoms with Crippen molar-refractivity contribution >= 4 is 11.7 Å². The Morgan fingerprint density at radius 1 is 1.47 bits per heavy atom. The van der Waals surface area contributed by atoms with Crippen molar-refractivity contribution in [2.24, 2.45) is 5.92 Å². The molecule has 0 aromatic rings. The third kappa shape index (κ3) is 3.63. The largest absolute Gasteiger partial charge is 0.355 e. The Balaban J connectivity index is 1.65. The molecule has 15 heavy (non-hydrogen) atoms. The Kier molecular flexibility index (Phi) is 3.36. The summed E-state index contributed by atoms with van der Waals surface area (Å²) >= 11 is 0. The molecule has 0 bridgehead atoms. The highest BCUT2D eigenvalue weighted by Gasteiger charge is 2.23. The molecule has 0 aromatic heterocycles. The highest BCUT2D eigenvalue weighted by atomic mass is 16.2. The van der Waals surface area contributed by atoms with E-state index < -0.39 is 0 Å². The fourth-order valence-electron chi connectivity index (χ4n) is 1.88. The van der Waals surface area contributed by atoms with Gasteiger partial charge in [-0.25, -0.2) is 0 Å². The first-order chi connectivity index (χ1) is 7.24. The molecular formula is C11H18N2O2. The van der Waals surface area contributed by atoms with Crippen LogP contribution in [0.25, 0.3) is 0 Å². The SMILES string of the molecule is O=C1CCCN(CC(=O)NCC2CC2)C1. The molecule has 1 heterocycles. The summed E-state index contributed by atoms with van der Waals surface area (Å²) in [5, 5.41) is 2.91. The predicted octanol–water partition coefficient (Wildman–Crippen LogP) is 0.177. The maximum atomic E-state index is 11.5. The number of rotatable bonds is 4. The van der Waals surface area contributed by atoms with Crippen LogP contribution < -0.4 is 5.32 Å². The lowest BCUT2D eigenvalue weighted by atomic mass is 10.1. The molecule has 1 aliphatic carbocycles. The van der Waals surface area contributed by atoms with Crippen molar-refractivity contribution in [2.75, 3.05) is 26.2 Å². The van der Waals surface area contributed by atoms with Gasteiger partial charge in [-0.05, 0) is 31.7 Å². The molecule has 84 valence electrons. The van der Waals surface area contributed by atoms with E-state index in [0.29, 0.717) is 19.5 Å². The summed E-state index contributed by atoms with van der Waals surface area (Å²) in [6.07, 6.45) is 4.08. The van der Waals surface area contributed by atoms with E-state index in [0.717, 1.165) is 25.4 Å². The molecule has 4 heteroatoms. The van der Waals surface area contributed by atoms with Crippen LogP contribution >= 0.6 is 0 Å². The van der Waals surface area contributed by atoms with Crippen molar-refractivity contribution in [2.45, 2.75) is 25.7 Å². The first kappa shape index (κ1) is 10.6. The summed E-state index contributed by atoms with van der Waals surface area (Å²) in [5.74, 6) is 1.05. The molecule has 0 aromatic carbocycles. The van der Waals surface area contributed by atoms with E-state index in [9.17, 15) is 9.59 Å². The van der Waals surface area contributed by atoms with Gasteiger partial charge in [0, 0.05) is 13.0 Å². The second-order valence-electron chi connectivity index (χ2n) is 4.60. The van der Waals surface area contributed by atoms with E-state index in [1.165, 1.54) is 12.8 Å². The molecule has 0 unspecified atom stereocenters. The molecule has 4 nitrogen and oxygen atoms in total. The minimum Gasteiger partial charge on any atom is -0.355 e. The van der Waals surface area contributed by atoms with Crippen LogP contribution in [-0.2, 0) is 9.59 Å². The van der Waals surface area contributed by atoms with Crippen molar-refractivity contribution in [3.8, 4) is 0 Å². The van der Waals surface area contributed by atoms with Crippen molar-refractivity contribution in [3.63, 3.8) is 0 Å². The number of nitrogens with zero attached hydrogens (tertiary/aromatic N) is 1. The number of likely N-dealkylation sites (tertiary alicyclic amines) is 1. The molecule has 1 saturated heterocycles. The standard InChI is InChI=1S/C11H18N2O2/c14-10-2-1-5-13(7-10)8-11(15)12-6-9-3-4-9/h9H,1-8H2,(H,12,15). The van der Waals surface area contributed by atoms with Gasteiger partial charge in [0.1, 0.15) is 5.78 Å². The fraction of sp³-hybridized carbons (Fsp3) is 0.818.